The Morgan fingerprint density at radius 3 is 2.68 bits per heavy atom. The van der Waals surface area contributed by atoms with Gasteiger partial charge in [-0.15, -0.1) is 0 Å². The van der Waals surface area contributed by atoms with E-state index < -0.39 is 0 Å². The van der Waals surface area contributed by atoms with Crippen LogP contribution in [-0.4, -0.2) is 35.2 Å². The van der Waals surface area contributed by atoms with Gasteiger partial charge in [-0.2, -0.15) is 0 Å². The van der Waals surface area contributed by atoms with Crippen LogP contribution in [-0.2, 0) is 11.3 Å². The number of methoxy groups -OCH3 is 1. The van der Waals surface area contributed by atoms with Crippen molar-refractivity contribution in [3.8, 4) is 0 Å². The first kappa shape index (κ1) is 13.7. The maximum absolute atomic E-state index is 5.80. The van der Waals surface area contributed by atoms with Crippen LogP contribution in [0.5, 0.6) is 0 Å². The number of anilines is 1. The fraction of sp³-hybridized carbons (Fsp3) is 0.308. The number of ether oxygens (including phenoxy) is 1. The maximum Gasteiger partial charge on any atom is 0.225 e. The topological polar surface area (TPSA) is 51.1 Å². The molecule has 19 heavy (non-hydrogen) atoms. The van der Waals surface area contributed by atoms with Crippen LogP contribution in [0.4, 0.5) is 5.95 Å². The fourth-order valence-electron chi connectivity index (χ4n) is 1.63. The summed E-state index contributed by atoms with van der Waals surface area (Å²) in [4.78, 5) is 14.6. The molecule has 0 saturated carbocycles. The van der Waals surface area contributed by atoms with Crippen LogP contribution in [0, 0.1) is 0 Å². The van der Waals surface area contributed by atoms with Gasteiger partial charge in [-0.1, -0.05) is 17.7 Å². The van der Waals surface area contributed by atoms with Crippen molar-refractivity contribution in [1.82, 2.24) is 15.0 Å². The van der Waals surface area contributed by atoms with Crippen LogP contribution in [0.25, 0.3) is 0 Å². The molecule has 0 aliphatic rings. The molecule has 0 aromatic carbocycles. The molecule has 0 aliphatic heterocycles. The smallest absolute Gasteiger partial charge is 0.225 e. The van der Waals surface area contributed by atoms with E-state index >= 15 is 0 Å². The third-order valence-corrected chi connectivity index (χ3v) is 2.75. The molecule has 0 amide bonds. The summed E-state index contributed by atoms with van der Waals surface area (Å²) in [5.41, 5.74) is 1.09. The van der Waals surface area contributed by atoms with Crippen LogP contribution in [0.1, 0.15) is 5.56 Å². The van der Waals surface area contributed by atoms with Crippen molar-refractivity contribution < 1.29 is 4.74 Å². The highest BCUT2D eigenvalue weighted by Crippen LogP contribution is 2.13. The zero-order chi connectivity index (χ0) is 13.5. The van der Waals surface area contributed by atoms with Crippen LogP contribution < -0.4 is 4.90 Å². The number of rotatable bonds is 6. The zero-order valence-electron chi connectivity index (χ0n) is 10.7. The molecule has 0 bridgehead atoms. The van der Waals surface area contributed by atoms with Gasteiger partial charge in [-0.25, -0.2) is 9.97 Å². The van der Waals surface area contributed by atoms with Gasteiger partial charge in [0.1, 0.15) is 0 Å². The number of hydrogen-bond acceptors (Lipinski definition) is 5. The van der Waals surface area contributed by atoms with Crippen molar-refractivity contribution in [3.63, 3.8) is 0 Å². The molecular formula is C13H15ClN4O. The SMILES string of the molecule is COCCN(Cc1cccnc1)c1ncc(Cl)cn1. The van der Waals surface area contributed by atoms with Gasteiger partial charge in [-0.3, -0.25) is 4.98 Å². The monoisotopic (exact) mass is 278 g/mol. The van der Waals surface area contributed by atoms with Gasteiger partial charge < -0.3 is 9.64 Å². The number of halogens is 1. The Morgan fingerprint density at radius 2 is 2.05 bits per heavy atom. The van der Waals surface area contributed by atoms with Crippen molar-refractivity contribution >= 4 is 17.5 Å². The molecule has 0 atom stereocenters. The van der Waals surface area contributed by atoms with Gasteiger partial charge in [0.15, 0.2) is 0 Å². The average molecular weight is 279 g/mol. The van der Waals surface area contributed by atoms with E-state index in [1.54, 1.807) is 25.7 Å². The normalized spacial score (nSPS) is 10.4. The fourth-order valence-corrected chi connectivity index (χ4v) is 1.73. The Bertz CT molecular complexity index is 492. The lowest BCUT2D eigenvalue weighted by Crippen LogP contribution is -2.28. The van der Waals surface area contributed by atoms with Crippen LogP contribution >= 0.6 is 11.6 Å². The molecule has 2 aromatic heterocycles. The maximum atomic E-state index is 5.80. The molecule has 0 saturated heterocycles. The summed E-state index contributed by atoms with van der Waals surface area (Å²) in [5, 5.41) is 0.525. The number of pyridine rings is 1. The molecule has 0 radical (unpaired) electrons. The lowest BCUT2D eigenvalue weighted by Gasteiger charge is -2.22. The van der Waals surface area contributed by atoms with E-state index in [2.05, 4.69) is 15.0 Å². The van der Waals surface area contributed by atoms with Crippen molar-refractivity contribution in [2.24, 2.45) is 0 Å². The summed E-state index contributed by atoms with van der Waals surface area (Å²) in [6, 6.07) is 3.93. The Hall–Kier alpha value is -1.72. The standard InChI is InChI=1S/C13H15ClN4O/c1-19-6-5-18(10-11-3-2-4-15-7-11)13-16-8-12(14)9-17-13/h2-4,7-9H,5-6,10H2,1H3. The van der Waals surface area contributed by atoms with Gasteiger partial charge in [0.25, 0.3) is 0 Å². The average Bonchev–Trinajstić information content (AvgIpc) is 2.45. The molecule has 2 rings (SSSR count). The molecular weight excluding hydrogens is 264 g/mol. The second-order valence-electron chi connectivity index (χ2n) is 3.98. The van der Waals surface area contributed by atoms with Gasteiger partial charge in [0, 0.05) is 32.6 Å². The first-order chi connectivity index (χ1) is 9.29. The van der Waals surface area contributed by atoms with E-state index in [1.165, 1.54) is 0 Å². The lowest BCUT2D eigenvalue weighted by atomic mass is 10.2. The molecule has 0 N–H and O–H groups in total. The van der Waals surface area contributed by atoms with Crippen LogP contribution in [0.2, 0.25) is 5.02 Å². The largest absolute Gasteiger partial charge is 0.383 e. The molecule has 2 aromatic rings. The Balaban J connectivity index is 2.13. The lowest BCUT2D eigenvalue weighted by molar-refractivity contribution is 0.204. The third-order valence-electron chi connectivity index (χ3n) is 2.55. The predicted octanol–water partition coefficient (Wildman–Crippen LogP) is 2.18. The molecule has 0 unspecified atom stereocenters. The van der Waals surface area contributed by atoms with Gasteiger partial charge in [0.2, 0.25) is 5.95 Å². The molecule has 5 nitrogen and oxygen atoms in total. The molecule has 0 spiro atoms. The zero-order valence-corrected chi connectivity index (χ0v) is 11.4. The number of hydrogen-bond donors (Lipinski definition) is 0. The summed E-state index contributed by atoms with van der Waals surface area (Å²) in [7, 11) is 1.67. The molecule has 0 aliphatic carbocycles. The highest BCUT2D eigenvalue weighted by molar-refractivity contribution is 6.30. The van der Waals surface area contributed by atoms with Gasteiger partial charge >= 0.3 is 0 Å². The van der Waals surface area contributed by atoms with Crippen molar-refractivity contribution in [2.45, 2.75) is 6.54 Å². The summed E-state index contributed by atoms with van der Waals surface area (Å²) < 4.78 is 5.12. The highest BCUT2D eigenvalue weighted by atomic mass is 35.5. The van der Waals surface area contributed by atoms with Crippen LogP contribution in [0.3, 0.4) is 0 Å². The van der Waals surface area contributed by atoms with Gasteiger partial charge in [-0.05, 0) is 11.6 Å². The van der Waals surface area contributed by atoms with E-state index in [0.29, 0.717) is 30.7 Å². The van der Waals surface area contributed by atoms with Crippen molar-refractivity contribution in [2.75, 3.05) is 25.2 Å². The Morgan fingerprint density at radius 1 is 1.26 bits per heavy atom. The first-order valence-electron chi connectivity index (χ1n) is 5.90. The second-order valence-corrected chi connectivity index (χ2v) is 4.41. The molecule has 2 heterocycles. The summed E-state index contributed by atoms with van der Waals surface area (Å²) in [5.74, 6) is 0.630. The van der Waals surface area contributed by atoms with E-state index in [4.69, 9.17) is 16.3 Å². The van der Waals surface area contributed by atoms with E-state index in [-0.39, 0.29) is 0 Å². The van der Waals surface area contributed by atoms with Crippen LogP contribution in [0.15, 0.2) is 36.9 Å². The first-order valence-corrected chi connectivity index (χ1v) is 6.27. The quantitative estimate of drug-likeness (QED) is 0.811. The van der Waals surface area contributed by atoms with E-state index in [0.717, 1.165) is 5.56 Å². The Labute approximate surface area is 117 Å². The van der Waals surface area contributed by atoms with Crippen molar-refractivity contribution in [3.05, 3.63) is 47.5 Å². The molecule has 0 fully saturated rings. The minimum atomic E-state index is 0.525. The Kier molecular flexibility index (Phi) is 5.06. The minimum absolute atomic E-state index is 0.525. The minimum Gasteiger partial charge on any atom is -0.383 e. The third kappa shape index (κ3) is 4.15. The highest BCUT2D eigenvalue weighted by Gasteiger charge is 2.10. The number of nitrogens with zero attached hydrogens (tertiary/aromatic N) is 4. The predicted molar refractivity (Wildman–Crippen MR) is 74.2 cm³/mol. The molecule has 6 heteroatoms. The summed E-state index contributed by atoms with van der Waals surface area (Å²) >= 11 is 5.80. The summed E-state index contributed by atoms with van der Waals surface area (Å²) in [6.45, 7) is 1.98. The van der Waals surface area contributed by atoms with E-state index in [1.807, 2.05) is 23.2 Å². The van der Waals surface area contributed by atoms with Gasteiger partial charge in [0.05, 0.1) is 24.0 Å². The second kappa shape index (κ2) is 7.01. The van der Waals surface area contributed by atoms with Crippen molar-refractivity contribution in [1.29, 1.82) is 0 Å². The number of aromatic nitrogens is 3. The summed E-state index contributed by atoms with van der Waals surface area (Å²) in [6.07, 6.45) is 6.76. The van der Waals surface area contributed by atoms with E-state index in [9.17, 15) is 0 Å². The molecule has 100 valence electrons.